The van der Waals surface area contributed by atoms with Gasteiger partial charge in [0.05, 0.1) is 31.8 Å². The first-order valence-electron chi connectivity index (χ1n) is 11.9. The molecule has 210 valence electrons. The number of hydrogen-bond acceptors (Lipinski definition) is 14. The summed E-state index contributed by atoms with van der Waals surface area (Å²) in [4.78, 5) is 41.3. The number of nitrogens with zero attached hydrogens (tertiary/aromatic N) is 5. The quantitative estimate of drug-likeness (QED) is 0.297. The van der Waals surface area contributed by atoms with Crippen molar-refractivity contribution in [2.24, 2.45) is 5.92 Å². The second-order valence-corrected chi connectivity index (χ2v) is 11.3. The number of nitrogen functional groups attached to an aromatic ring is 1. The second-order valence-electron chi connectivity index (χ2n) is 9.23. The molecule has 0 aromatic carbocycles. The maximum Gasteiger partial charge on any atom is 0.472 e. The average Bonchev–Trinajstić information content (AvgIpc) is 3.56. The molecule has 2 bridgehead atoms. The fraction of sp³-hybridized carbons (Fsp3) is 0.550. The SMILES string of the molecule is Nc1nc2c(ncn2[C@@H]2O[C@@H]3COP(=O)(O)O[C@H]4C[C@H](Oc5cnccn5)C[C@@H]4COPO[C@@H]2[C@@H]3O)c(=O)[nH]1. The van der Waals surface area contributed by atoms with Gasteiger partial charge < -0.3 is 34.3 Å². The van der Waals surface area contributed by atoms with Gasteiger partial charge >= 0.3 is 7.82 Å². The third-order valence-electron chi connectivity index (χ3n) is 6.66. The third-order valence-corrected chi connectivity index (χ3v) is 8.33. The smallest absolute Gasteiger partial charge is 0.472 e. The van der Waals surface area contributed by atoms with Crippen LogP contribution in [0.4, 0.5) is 5.95 Å². The van der Waals surface area contributed by atoms with Crippen LogP contribution in [0.3, 0.4) is 0 Å². The zero-order valence-electron chi connectivity index (χ0n) is 20.1. The fourth-order valence-corrected chi connectivity index (χ4v) is 6.60. The van der Waals surface area contributed by atoms with E-state index in [1.807, 2.05) is 0 Å². The summed E-state index contributed by atoms with van der Waals surface area (Å²) < 4.78 is 48.4. The van der Waals surface area contributed by atoms with Crippen LogP contribution in [0.2, 0.25) is 0 Å². The highest BCUT2D eigenvalue weighted by Gasteiger charge is 2.48. The molecule has 0 amide bonds. The van der Waals surface area contributed by atoms with E-state index in [1.54, 1.807) is 0 Å². The van der Waals surface area contributed by atoms with Gasteiger partial charge in [0, 0.05) is 24.7 Å². The molecule has 9 atom stereocenters. The minimum atomic E-state index is -4.58. The van der Waals surface area contributed by atoms with Gasteiger partial charge in [-0.2, -0.15) is 4.98 Å². The number of ether oxygens (including phenoxy) is 2. The monoisotopic (exact) mass is 585 g/mol. The maximum atomic E-state index is 12.9. The molecule has 2 aliphatic heterocycles. The van der Waals surface area contributed by atoms with Crippen LogP contribution in [0, 0.1) is 5.92 Å². The van der Waals surface area contributed by atoms with Gasteiger partial charge in [0.1, 0.15) is 24.4 Å². The molecule has 3 fully saturated rings. The zero-order valence-corrected chi connectivity index (χ0v) is 22.0. The van der Waals surface area contributed by atoms with Gasteiger partial charge in [-0.15, -0.1) is 0 Å². The van der Waals surface area contributed by atoms with Gasteiger partial charge in [0.2, 0.25) is 11.8 Å². The molecular weight excluding hydrogens is 560 g/mol. The number of phosphoric acid groups is 1. The van der Waals surface area contributed by atoms with Crippen LogP contribution in [0.15, 0.2) is 29.7 Å². The van der Waals surface area contributed by atoms with E-state index in [0.717, 1.165) is 0 Å². The van der Waals surface area contributed by atoms with Gasteiger partial charge in [0.25, 0.3) is 5.56 Å². The Morgan fingerprint density at radius 2 is 2.10 bits per heavy atom. The number of aliphatic hydroxyl groups is 1. The number of nitrogens with one attached hydrogen (secondary N) is 1. The lowest BCUT2D eigenvalue weighted by molar-refractivity contribution is -0.0523. The van der Waals surface area contributed by atoms with Gasteiger partial charge in [0.15, 0.2) is 26.4 Å². The van der Waals surface area contributed by atoms with Gasteiger partial charge in [-0.05, 0) is 6.42 Å². The molecule has 19 heteroatoms. The number of phosphoric ester groups is 1. The minimum absolute atomic E-state index is 0.00707. The normalized spacial score (nSPS) is 36.2. The second kappa shape index (κ2) is 10.8. The molecular formula is C20H25N7O10P2. The standard InChI is InChI=1S/C20H25N7O10P2/c21-20-25-17-14(18(29)26-20)24-8-27(17)19-16-15(28)12(35-19)7-33-39(30,31)37-11-4-10(3-9(11)6-32-38-36-16)34-13-5-22-1-2-23-13/h1-2,5,8-12,15-16,19,28,38H,3-4,6-7H2,(H,30,31)(H3,21,25,26,29)/t9-,10-,11+,12-,15-,16-,19-/m1/s1. The summed E-state index contributed by atoms with van der Waals surface area (Å²) in [6.07, 6.45) is 1.01. The van der Waals surface area contributed by atoms with Crippen molar-refractivity contribution in [3.63, 3.8) is 0 Å². The number of anilines is 1. The molecule has 39 heavy (non-hydrogen) atoms. The van der Waals surface area contributed by atoms with E-state index < -0.39 is 59.7 Å². The molecule has 3 aliphatic rings. The first-order chi connectivity index (χ1) is 18.8. The van der Waals surface area contributed by atoms with Crippen LogP contribution < -0.4 is 16.0 Å². The number of fused-ring (bicyclic) bond motifs is 4. The number of H-pyrrole nitrogens is 1. The largest absolute Gasteiger partial charge is 0.473 e. The highest BCUT2D eigenvalue weighted by atomic mass is 31.2. The molecule has 6 rings (SSSR count). The van der Waals surface area contributed by atoms with Crippen LogP contribution in [-0.4, -0.2) is 83.2 Å². The molecule has 3 aromatic rings. The molecule has 0 radical (unpaired) electrons. The van der Waals surface area contributed by atoms with Crippen molar-refractivity contribution in [2.75, 3.05) is 18.9 Å². The van der Waals surface area contributed by atoms with Crippen molar-refractivity contribution in [2.45, 2.75) is 49.6 Å². The minimum Gasteiger partial charge on any atom is -0.473 e. The Hall–Kier alpha value is -2.59. The predicted octanol–water partition coefficient (Wildman–Crippen LogP) is 0.0338. The van der Waals surface area contributed by atoms with Crippen molar-refractivity contribution in [1.29, 1.82) is 0 Å². The van der Waals surface area contributed by atoms with Crippen LogP contribution in [0.25, 0.3) is 11.2 Å². The predicted molar refractivity (Wildman–Crippen MR) is 131 cm³/mol. The Morgan fingerprint density at radius 3 is 2.92 bits per heavy atom. The van der Waals surface area contributed by atoms with Crippen molar-refractivity contribution in [1.82, 2.24) is 29.5 Å². The third kappa shape index (κ3) is 5.55. The number of aromatic amines is 1. The van der Waals surface area contributed by atoms with E-state index in [1.165, 1.54) is 29.5 Å². The number of aromatic nitrogens is 6. The Labute approximate surface area is 221 Å². The van der Waals surface area contributed by atoms with Crippen LogP contribution in [0.1, 0.15) is 19.1 Å². The Bertz CT molecular complexity index is 1430. The van der Waals surface area contributed by atoms with Gasteiger partial charge in [-0.3, -0.25) is 28.4 Å². The van der Waals surface area contributed by atoms with Crippen molar-refractivity contribution in [3.8, 4) is 5.88 Å². The van der Waals surface area contributed by atoms with Crippen LogP contribution >= 0.6 is 16.9 Å². The lowest BCUT2D eigenvalue weighted by atomic mass is 10.1. The average molecular weight is 585 g/mol. The summed E-state index contributed by atoms with van der Waals surface area (Å²) in [7, 11) is -5.12. The molecule has 5 heterocycles. The van der Waals surface area contributed by atoms with Gasteiger partial charge in [-0.1, -0.05) is 0 Å². The summed E-state index contributed by atoms with van der Waals surface area (Å²) >= 11 is 0. The highest BCUT2D eigenvalue weighted by Crippen LogP contribution is 2.50. The molecule has 17 nitrogen and oxygen atoms in total. The van der Waals surface area contributed by atoms with E-state index in [9.17, 15) is 19.4 Å². The van der Waals surface area contributed by atoms with Crippen molar-refractivity contribution in [3.05, 3.63) is 35.3 Å². The van der Waals surface area contributed by atoms with E-state index in [2.05, 4.69) is 24.9 Å². The first-order valence-corrected chi connectivity index (χ1v) is 14.3. The Balaban J connectivity index is 1.21. The van der Waals surface area contributed by atoms with Crippen LogP contribution in [-0.2, 0) is 27.4 Å². The highest BCUT2D eigenvalue weighted by molar-refractivity contribution is 7.47. The summed E-state index contributed by atoms with van der Waals surface area (Å²) in [5, 5.41) is 11.0. The molecule has 0 spiro atoms. The van der Waals surface area contributed by atoms with Crippen LogP contribution in [0.5, 0.6) is 5.88 Å². The summed E-state index contributed by atoms with van der Waals surface area (Å²) in [5.41, 5.74) is 5.26. The number of nitrogens with two attached hydrogens (primary N) is 1. The van der Waals surface area contributed by atoms with E-state index >= 15 is 0 Å². The number of rotatable bonds is 3. The summed E-state index contributed by atoms with van der Waals surface area (Å²) in [6, 6.07) is 0. The summed E-state index contributed by atoms with van der Waals surface area (Å²) in [5.74, 6) is -0.133. The Kier molecular flexibility index (Phi) is 7.35. The lowest BCUT2D eigenvalue weighted by Gasteiger charge is -2.24. The topological polar surface area (TPSA) is 228 Å². The lowest BCUT2D eigenvalue weighted by Crippen LogP contribution is -2.34. The van der Waals surface area contributed by atoms with E-state index in [4.69, 9.17) is 33.3 Å². The molecule has 3 aromatic heterocycles. The molecule has 2 saturated heterocycles. The first kappa shape index (κ1) is 26.6. The molecule has 2 unspecified atom stereocenters. The Morgan fingerprint density at radius 1 is 1.23 bits per heavy atom. The molecule has 1 saturated carbocycles. The summed E-state index contributed by atoms with van der Waals surface area (Å²) in [6.45, 7) is -0.377. The molecule has 1 aliphatic carbocycles. The van der Waals surface area contributed by atoms with E-state index in [0.29, 0.717) is 18.7 Å². The van der Waals surface area contributed by atoms with E-state index in [-0.39, 0.29) is 35.7 Å². The number of aliphatic hydroxyl groups excluding tert-OH is 1. The van der Waals surface area contributed by atoms with Gasteiger partial charge in [-0.25, -0.2) is 14.5 Å². The zero-order chi connectivity index (χ0) is 27.1. The molecule has 5 N–H and O–H groups in total. The van der Waals surface area contributed by atoms with Crippen molar-refractivity contribution >= 4 is 34.0 Å². The number of imidazole rings is 1. The van der Waals surface area contributed by atoms with Crippen molar-refractivity contribution < 1.29 is 42.1 Å². The number of hydrogen-bond donors (Lipinski definition) is 4. The fourth-order valence-electron chi connectivity index (χ4n) is 4.89. The maximum absolute atomic E-state index is 12.9.